The zero-order valence-corrected chi connectivity index (χ0v) is 12.4. The van der Waals surface area contributed by atoms with Gasteiger partial charge in [0.05, 0.1) is 12.4 Å². The minimum Gasteiger partial charge on any atom is -0.472 e. The van der Waals surface area contributed by atoms with Crippen LogP contribution in [0.5, 0.6) is 0 Å². The van der Waals surface area contributed by atoms with Gasteiger partial charge in [-0.05, 0) is 31.2 Å². The Morgan fingerprint density at radius 3 is 3.19 bits per heavy atom. The van der Waals surface area contributed by atoms with Crippen molar-refractivity contribution in [2.24, 2.45) is 5.92 Å². The molecule has 2 atom stereocenters. The molecule has 0 radical (unpaired) electrons. The number of furan rings is 1. The van der Waals surface area contributed by atoms with Gasteiger partial charge in [-0.3, -0.25) is 4.79 Å². The second kappa shape index (κ2) is 6.41. The molecule has 1 aliphatic rings. The summed E-state index contributed by atoms with van der Waals surface area (Å²) in [5.41, 5.74) is 1.32. The highest BCUT2D eigenvalue weighted by molar-refractivity contribution is 7.13. The maximum atomic E-state index is 12.1. The Morgan fingerprint density at radius 2 is 2.43 bits per heavy atom. The van der Waals surface area contributed by atoms with E-state index in [0.29, 0.717) is 18.2 Å². The zero-order valence-electron chi connectivity index (χ0n) is 11.6. The first-order chi connectivity index (χ1) is 10.2. The molecule has 2 aromatic heterocycles. The molecule has 1 saturated carbocycles. The van der Waals surface area contributed by atoms with Crippen LogP contribution in [-0.4, -0.2) is 28.6 Å². The summed E-state index contributed by atoms with van der Waals surface area (Å²) in [4.78, 5) is 16.4. The van der Waals surface area contributed by atoms with E-state index in [1.807, 2.05) is 6.07 Å². The van der Waals surface area contributed by atoms with Crippen molar-refractivity contribution in [3.05, 3.63) is 29.7 Å². The van der Waals surface area contributed by atoms with E-state index in [4.69, 9.17) is 4.42 Å². The number of aromatic nitrogens is 1. The van der Waals surface area contributed by atoms with Gasteiger partial charge in [-0.15, -0.1) is 11.3 Å². The van der Waals surface area contributed by atoms with Crippen LogP contribution in [0.2, 0.25) is 0 Å². The number of aliphatic hydroxyl groups is 1. The summed E-state index contributed by atoms with van der Waals surface area (Å²) in [6.45, 7) is 0.606. The molecule has 0 aliphatic heterocycles. The molecule has 2 heterocycles. The quantitative estimate of drug-likeness (QED) is 0.910. The van der Waals surface area contributed by atoms with Gasteiger partial charge in [-0.25, -0.2) is 4.98 Å². The molecule has 1 aliphatic carbocycles. The van der Waals surface area contributed by atoms with Crippen LogP contribution in [0.25, 0.3) is 10.6 Å². The molecule has 0 spiro atoms. The largest absolute Gasteiger partial charge is 0.472 e. The first-order valence-electron chi connectivity index (χ1n) is 7.16. The summed E-state index contributed by atoms with van der Waals surface area (Å²) >= 11 is 1.43. The van der Waals surface area contributed by atoms with Crippen LogP contribution >= 0.6 is 11.3 Å². The highest BCUT2D eigenvalue weighted by Crippen LogP contribution is 2.25. The average Bonchev–Trinajstić information content (AvgIpc) is 3.15. The van der Waals surface area contributed by atoms with Crippen molar-refractivity contribution < 1.29 is 14.3 Å². The number of amides is 1. The predicted octanol–water partition coefficient (Wildman–Crippen LogP) is 2.68. The Morgan fingerprint density at radius 1 is 1.52 bits per heavy atom. The van der Waals surface area contributed by atoms with E-state index in [-0.39, 0.29) is 12.0 Å². The molecule has 2 aromatic rings. The van der Waals surface area contributed by atoms with Gasteiger partial charge in [0, 0.05) is 17.5 Å². The van der Waals surface area contributed by atoms with Gasteiger partial charge in [0.1, 0.15) is 17.0 Å². The number of nitrogens with zero attached hydrogens (tertiary/aromatic N) is 1. The predicted molar refractivity (Wildman–Crippen MR) is 80.1 cm³/mol. The molecule has 0 saturated heterocycles. The third-order valence-corrected chi connectivity index (χ3v) is 4.70. The van der Waals surface area contributed by atoms with Crippen molar-refractivity contribution >= 4 is 17.2 Å². The highest BCUT2D eigenvalue weighted by atomic mass is 32.1. The van der Waals surface area contributed by atoms with Gasteiger partial charge in [-0.1, -0.05) is 6.42 Å². The maximum absolute atomic E-state index is 12.1. The number of carbonyl (C=O) groups excluding carboxylic acids is 1. The molecule has 6 heteroatoms. The summed E-state index contributed by atoms with van der Waals surface area (Å²) in [5, 5.41) is 15.1. The van der Waals surface area contributed by atoms with Gasteiger partial charge in [0.15, 0.2) is 0 Å². The number of carbonyl (C=O) groups is 1. The molecule has 1 amide bonds. The van der Waals surface area contributed by atoms with Crippen LogP contribution in [0, 0.1) is 5.92 Å². The summed E-state index contributed by atoms with van der Waals surface area (Å²) in [7, 11) is 0. The standard InChI is InChI=1S/C15H18N2O3S/c18-12-3-1-2-10(6-12)7-16-14(19)13-9-21-15(17-13)11-4-5-20-8-11/h4-5,8-10,12,18H,1-3,6-7H2,(H,16,19). The van der Waals surface area contributed by atoms with Crippen LogP contribution in [0.1, 0.15) is 36.2 Å². The van der Waals surface area contributed by atoms with E-state index in [9.17, 15) is 9.90 Å². The summed E-state index contributed by atoms with van der Waals surface area (Å²) in [6.07, 6.45) is 6.74. The van der Waals surface area contributed by atoms with Crippen molar-refractivity contribution in [1.29, 1.82) is 0 Å². The maximum Gasteiger partial charge on any atom is 0.270 e. The second-order valence-corrected chi connectivity index (χ2v) is 6.30. The number of hydrogen-bond acceptors (Lipinski definition) is 5. The lowest BCUT2D eigenvalue weighted by molar-refractivity contribution is 0.0871. The minimum absolute atomic E-state index is 0.152. The molecule has 0 aromatic carbocycles. The van der Waals surface area contributed by atoms with E-state index < -0.39 is 0 Å². The summed E-state index contributed by atoms with van der Waals surface area (Å²) in [6, 6.07) is 1.82. The molecule has 5 nitrogen and oxygen atoms in total. The highest BCUT2D eigenvalue weighted by Gasteiger charge is 2.21. The lowest BCUT2D eigenvalue weighted by atomic mass is 9.87. The third-order valence-electron chi connectivity index (χ3n) is 3.81. The van der Waals surface area contributed by atoms with Crippen LogP contribution in [0.4, 0.5) is 0 Å². The van der Waals surface area contributed by atoms with Crippen LogP contribution in [0.3, 0.4) is 0 Å². The summed E-state index contributed by atoms with van der Waals surface area (Å²) in [5.74, 6) is 0.214. The number of thiazole rings is 1. The Labute approximate surface area is 127 Å². The SMILES string of the molecule is O=C(NCC1CCCC(O)C1)c1csc(-c2ccoc2)n1. The van der Waals surface area contributed by atoms with Gasteiger partial charge in [0.25, 0.3) is 5.91 Å². The van der Waals surface area contributed by atoms with Crippen molar-refractivity contribution in [3.8, 4) is 10.6 Å². The monoisotopic (exact) mass is 306 g/mol. The lowest BCUT2D eigenvalue weighted by Crippen LogP contribution is -2.33. The Hall–Kier alpha value is -1.66. The van der Waals surface area contributed by atoms with E-state index >= 15 is 0 Å². The van der Waals surface area contributed by atoms with Crippen molar-refractivity contribution in [3.63, 3.8) is 0 Å². The van der Waals surface area contributed by atoms with E-state index in [1.54, 1.807) is 17.9 Å². The van der Waals surface area contributed by atoms with Gasteiger partial charge in [0.2, 0.25) is 0 Å². The molecule has 0 bridgehead atoms. The second-order valence-electron chi connectivity index (χ2n) is 5.45. The Kier molecular flexibility index (Phi) is 4.36. The molecular formula is C15H18N2O3S. The fourth-order valence-electron chi connectivity index (χ4n) is 2.67. The molecule has 2 N–H and O–H groups in total. The smallest absolute Gasteiger partial charge is 0.270 e. The fourth-order valence-corrected chi connectivity index (χ4v) is 3.46. The minimum atomic E-state index is -0.215. The number of hydrogen-bond donors (Lipinski definition) is 2. The number of aliphatic hydroxyl groups excluding tert-OH is 1. The van der Waals surface area contributed by atoms with Crippen molar-refractivity contribution in [1.82, 2.24) is 10.3 Å². The Balaban J connectivity index is 1.56. The molecule has 112 valence electrons. The molecule has 1 fully saturated rings. The van der Waals surface area contributed by atoms with E-state index in [1.165, 1.54) is 11.3 Å². The summed E-state index contributed by atoms with van der Waals surface area (Å²) < 4.78 is 5.02. The van der Waals surface area contributed by atoms with Crippen LogP contribution in [0.15, 0.2) is 28.4 Å². The van der Waals surface area contributed by atoms with E-state index in [0.717, 1.165) is 36.3 Å². The van der Waals surface area contributed by atoms with Crippen LogP contribution in [-0.2, 0) is 0 Å². The molecule has 2 unspecified atom stereocenters. The average molecular weight is 306 g/mol. The normalized spacial score (nSPS) is 22.1. The number of nitrogens with one attached hydrogen (secondary N) is 1. The van der Waals surface area contributed by atoms with Crippen LogP contribution < -0.4 is 5.32 Å². The fraction of sp³-hybridized carbons (Fsp3) is 0.467. The van der Waals surface area contributed by atoms with Crippen molar-refractivity contribution in [2.45, 2.75) is 31.8 Å². The van der Waals surface area contributed by atoms with Gasteiger partial charge >= 0.3 is 0 Å². The zero-order chi connectivity index (χ0) is 14.7. The molecular weight excluding hydrogens is 288 g/mol. The third kappa shape index (κ3) is 3.51. The molecule has 21 heavy (non-hydrogen) atoms. The first kappa shape index (κ1) is 14.3. The van der Waals surface area contributed by atoms with E-state index in [2.05, 4.69) is 10.3 Å². The first-order valence-corrected chi connectivity index (χ1v) is 8.04. The molecule has 3 rings (SSSR count). The van der Waals surface area contributed by atoms with Gasteiger partial charge < -0.3 is 14.8 Å². The topological polar surface area (TPSA) is 75.4 Å². The Bertz CT molecular complexity index is 594. The van der Waals surface area contributed by atoms with Gasteiger partial charge in [-0.2, -0.15) is 0 Å². The lowest BCUT2D eigenvalue weighted by Gasteiger charge is -2.25. The van der Waals surface area contributed by atoms with Crippen molar-refractivity contribution in [2.75, 3.05) is 6.54 Å². The number of rotatable bonds is 4.